The van der Waals surface area contributed by atoms with Crippen molar-refractivity contribution < 1.29 is 8.42 Å². The SMILES string of the molecule is Cc1ccc(NS(=O)(=O)C(C)C(N)=S)cc1N(C)C. The van der Waals surface area contributed by atoms with Crippen molar-refractivity contribution >= 4 is 38.6 Å². The maximum absolute atomic E-state index is 12.0. The number of hydrogen-bond donors (Lipinski definition) is 2. The van der Waals surface area contributed by atoms with Crippen molar-refractivity contribution in [3.8, 4) is 0 Å². The molecule has 0 aliphatic heterocycles. The number of benzene rings is 1. The van der Waals surface area contributed by atoms with E-state index in [1.807, 2.05) is 32.0 Å². The molecule has 0 spiro atoms. The molecule has 0 saturated carbocycles. The van der Waals surface area contributed by atoms with Crippen molar-refractivity contribution in [2.24, 2.45) is 5.73 Å². The zero-order valence-electron chi connectivity index (χ0n) is 11.5. The summed E-state index contributed by atoms with van der Waals surface area (Å²) >= 11 is 4.72. The van der Waals surface area contributed by atoms with Gasteiger partial charge in [0.25, 0.3) is 0 Å². The minimum absolute atomic E-state index is 0.0487. The van der Waals surface area contributed by atoms with Crippen LogP contribution in [0.5, 0.6) is 0 Å². The second-order valence-corrected chi connectivity index (χ2v) is 7.06. The highest BCUT2D eigenvalue weighted by Gasteiger charge is 2.23. The van der Waals surface area contributed by atoms with Crippen LogP contribution < -0.4 is 15.4 Å². The minimum Gasteiger partial charge on any atom is -0.392 e. The molecule has 0 aromatic heterocycles. The summed E-state index contributed by atoms with van der Waals surface area (Å²) in [5, 5.41) is -0.911. The molecule has 0 amide bonds. The summed E-state index contributed by atoms with van der Waals surface area (Å²) < 4.78 is 26.5. The Morgan fingerprint density at radius 1 is 1.42 bits per heavy atom. The first kappa shape index (κ1) is 15.7. The van der Waals surface area contributed by atoms with E-state index in [9.17, 15) is 8.42 Å². The van der Waals surface area contributed by atoms with Gasteiger partial charge in [-0.1, -0.05) is 18.3 Å². The highest BCUT2D eigenvalue weighted by atomic mass is 32.2. The van der Waals surface area contributed by atoms with Crippen LogP contribution in [0.2, 0.25) is 0 Å². The van der Waals surface area contributed by atoms with Gasteiger partial charge in [-0.15, -0.1) is 0 Å². The summed E-state index contributed by atoms with van der Waals surface area (Å²) in [7, 11) is 0.199. The number of thiocarbonyl (C=S) groups is 1. The number of nitrogens with two attached hydrogens (primary N) is 1. The quantitative estimate of drug-likeness (QED) is 0.806. The maximum atomic E-state index is 12.0. The smallest absolute Gasteiger partial charge is 0.241 e. The third kappa shape index (κ3) is 3.81. The number of anilines is 2. The van der Waals surface area contributed by atoms with Crippen molar-refractivity contribution in [2.75, 3.05) is 23.7 Å². The average molecular weight is 301 g/mol. The van der Waals surface area contributed by atoms with Gasteiger partial charge in [-0.2, -0.15) is 0 Å². The average Bonchev–Trinajstić information content (AvgIpc) is 2.29. The lowest BCUT2D eigenvalue weighted by molar-refractivity contribution is 0.598. The van der Waals surface area contributed by atoms with Crippen LogP contribution in [-0.4, -0.2) is 32.8 Å². The number of aryl methyl sites for hydroxylation is 1. The van der Waals surface area contributed by atoms with Crippen molar-refractivity contribution in [3.05, 3.63) is 23.8 Å². The molecule has 106 valence electrons. The highest BCUT2D eigenvalue weighted by molar-refractivity contribution is 7.95. The van der Waals surface area contributed by atoms with E-state index in [-0.39, 0.29) is 4.99 Å². The lowest BCUT2D eigenvalue weighted by atomic mass is 10.2. The minimum atomic E-state index is -3.60. The Hall–Kier alpha value is -1.34. The fourth-order valence-corrected chi connectivity index (χ4v) is 2.88. The van der Waals surface area contributed by atoms with Gasteiger partial charge in [-0.3, -0.25) is 4.72 Å². The van der Waals surface area contributed by atoms with Gasteiger partial charge in [0.2, 0.25) is 10.0 Å². The molecule has 1 atom stereocenters. The van der Waals surface area contributed by atoms with E-state index in [1.54, 1.807) is 12.1 Å². The predicted octanol–water partition coefficient (Wildman–Crippen LogP) is 1.48. The third-order valence-electron chi connectivity index (χ3n) is 2.82. The monoisotopic (exact) mass is 301 g/mol. The number of rotatable bonds is 5. The predicted molar refractivity (Wildman–Crippen MR) is 84.3 cm³/mol. The highest BCUT2D eigenvalue weighted by Crippen LogP contribution is 2.23. The molecule has 0 heterocycles. The van der Waals surface area contributed by atoms with Crippen LogP contribution in [0.25, 0.3) is 0 Å². The van der Waals surface area contributed by atoms with Gasteiger partial charge in [0.05, 0.1) is 10.7 Å². The molecule has 0 aliphatic rings. The second-order valence-electron chi connectivity index (χ2n) is 4.59. The van der Waals surface area contributed by atoms with E-state index in [0.717, 1.165) is 11.3 Å². The van der Waals surface area contributed by atoms with Crippen molar-refractivity contribution in [2.45, 2.75) is 19.1 Å². The van der Waals surface area contributed by atoms with Crippen LogP contribution in [0, 0.1) is 6.92 Å². The van der Waals surface area contributed by atoms with Gasteiger partial charge in [-0.05, 0) is 31.5 Å². The molecule has 0 aliphatic carbocycles. The Kier molecular flexibility index (Phi) is 4.75. The van der Waals surface area contributed by atoms with Crippen LogP contribution in [0.3, 0.4) is 0 Å². The molecule has 0 radical (unpaired) electrons. The van der Waals surface area contributed by atoms with Gasteiger partial charge < -0.3 is 10.6 Å². The molecule has 1 rings (SSSR count). The summed E-state index contributed by atoms with van der Waals surface area (Å²) in [6.07, 6.45) is 0. The summed E-state index contributed by atoms with van der Waals surface area (Å²) in [5.74, 6) is 0. The Balaban J connectivity index is 3.07. The molecule has 0 fully saturated rings. The Morgan fingerprint density at radius 2 is 2.00 bits per heavy atom. The molecule has 5 nitrogen and oxygen atoms in total. The Labute approximate surface area is 119 Å². The van der Waals surface area contributed by atoms with E-state index in [4.69, 9.17) is 18.0 Å². The van der Waals surface area contributed by atoms with Crippen LogP contribution in [-0.2, 0) is 10.0 Å². The van der Waals surface area contributed by atoms with Crippen LogP contribution >= 0.6 is 12.2 Å². The summed E-state index contributed by atoms with van der Waals surface area (Å²) in [4.78, 5) is 1.87. The molecule has 7 heteroatoms. The zero-order valence-corrected chi connectivity index (χ0v) is 13.1. The van der Waals surface area contributed by atoms with E-state index in [1.165, 1.54) is 6.92 Å². The molecule has 0 saturated heterocycles. The van der Waals surface area contributed by atoms with Crippen LogP contribution in [0.4, 0.5) is 11.4 Å². The lowest BCUT2D eigenvalue weighted by Crippen LogP contribution is -2.35. The van der Waals surface area contributed by atoms with Crippen LogP contribution in [0.15, 0.2) is 18.2 Å². The standard InChI is InChI=1S/C12H19N3O2S2/c1-8-5-6-10(7-11(8)15(3)4)14-19(16,17)9(2)12(13)18/h5-7,9,14H,1-4H3,(H2,13,18). The number of sulfonamides is 1. The third-order valence-corrected chi connectivity index (χ3v) is 5.02. The Bertz CT molecular complexity index is 583. The fraction of sp³-hybridized carbons (Fsp3) is 0.417. The first-order valence-electron chi connectivity index (χ1n) is 5.74. The van der Waals surface area contributed by atoms with E-state index in [2.05, 4.69) is 4.72 Å². The molecular weight excluding hydrogens is 282 g/mol. The van der Waals surface area contributed by atoms with Crippen molar-refractivity contribution in [1.82, 2.24) is 0 Å². The largest absolute Gasteiger partial charge is 0.392 e. The van der Waals surface area contributed by atoms with Crippen molar-refractivity contribution in [3.63, 3.8) is 0 Å². The van der Waals surface area contributed by atoms with Gasteiger partial charge >= 0.3 is 0 Å². The summed E-state index contributed by atoms with van der Waals surface area (Å²) in [5.41, 5.74) is 7.89. The van der Waals surface area contributed by atoms with Gasteiger partial charge in [-0.25, -0.2) is 8.42 Å². The lowest BCUT2D eigenvalue weighted by Gasteiger charge is -2.18. The maximum Gasteiger partial charge on any atom is 0.241 e. The molecule has 0 bridgehead atoms. The normalized spacial score (nSPS) is 12.8. The molecule has 1 aromatic carbocycles. The van der Waals surface area contributed by atoms with Crippen LogP contribution in [0.1, 0.15) is 12.5 Å². The van der Waals surface area contributed by atoms with Gasteiger partial charge in [0.1, 0.15) is 5.25 Å². The fourth-order valence-electron chi connectivity index (χ4n) is 1.56. The van der Waals surface area contributed by atoms with E-state index < -0.39 is 15.3 Å². The molecule has 3 N–H and O–H groups in total. The second kappa shape index (κ2) is 5.75. The number of hydrogen-bond acceptors (Lipinski definition) is 4. The first-order chi connectivity index (χ1) is 8.65. The molecular formula is C12H19N3O2S2. The van der Waals surface area contributed by atoms with E-state index in [0.29, 0.717) is 5.69 Å². The summed E-state index contributed by atoms with van der Waals surface area (Å²) in [6.45, 7) is 3.43. The van der Waals surface area contributed by atoms with E-state index >= 15 is 0 Å². The number of nitrogens with one attached hydrogen (secondary N) is 1. The molecule has 19 heavy (non-hydrogen) atoms. The molecule has 1 aromatic rings. The Morgan fingerprint density at radius 3 is 2.47 bits per heavy atom. The molecule has 1 unspecified atom stereocenters. The van der Waals surface area contributed by atoms with Gasteiger partial charge in [0.15, 0.2) is 0 Å². The summed E-state index contributed by atoms with van der Waals surface area (Å²) in [6, 6.07) is 5.35. The zero-order chi connectivity index (χ0) is 14.8. The topological polar surface area (TPSA) is 75.4 Å². The number of nitrogens with zero attached hydrogens (tertiary/aromatic N) is 1. The first-order valence-corrected chi connectivity index (χ1v) is 7.69. The van der Waals surface area contributed by atoms with Crippen molar-refractivity contribution in [1.29, 1.82) is 0 Å². The van der Waals surface area contributed by atoms with Gasteiger partial charge in [0, 0.05) is 19.8 Å².